The average molecular weight is 258 g/mol. The van der Waals surface area contributed by atoms with E-state index in [0.717, 1.165) is 12.8 Å². The maximum atomic E-state index is 12.4. The van der Waals surface area contributed by atoms with Crippen molar-refractivity contribution in [3.05, 3.63) is 41.5 Å². The van der Waals surface area contributed by atoms with Gasteiger partial charge in [-0.1, -0.05) is 24.1 Å². The van der Waals surface area contributed by atoms with Crippen molar-refractivity contribution in [3.63, 3.8) is 0 Å². The van der Waals surface area contributed by atoms with Gasteiger partial charge in [0, 0.05) is 0 Å². The van der Waals surface area contributed by atoms with E-state index in [1.807, 2.05) is 44.2 Å². The van der Waals surface area contributed by atoms with Crippen LogP contribution >= 0.6 is 0 Å². The predicted molar refractivity (Wildman–Crippen MR) is 77.7 cm³/mol. The van der Waals surface area contributed by atoms with Gasteiger partial charge in [-0.3, -0.25) is 4.79 Å². The summed E-state index contributed by atoms with van der Waals surface area (Å²) in [5.74, 6) is 0.767. The van der Waals surface area contributed by atoms with Gasteiger partial charge >= 0.3 is 0 Å². The Balaban J connectivity index is 2.18. The Hall–Kier alpha value is -1.57. The minimum atomic E-state index is 0.0770. The molecule has 19 heavy (non-hydrogen) atoms. The molecule has 1 aromatic carbocycles. The first kappa shape index (κ1) is 13.9. The lowest BCUT2D eigenvalue weighted by molar-refractivity contribution is 0.104. The maximum Gasteiger partial charge on any atom is 0.189 e. The molecule has 0 radical (unpaired) electrons. The van der Waals surface area contributed by atoms with Crippen LogP contribution in [0.15, 0.2) is 35.9 Å². The van der Waals surface area contributed by atoms with Gasteiger partial charge in [-0.05, 0) is 57.7 Å². The second kappa shape index (κ2) is 6.55. The highest BCUT2D eigenvalue weighted by Crippen LogP contribution is 2.25. The van der Waals surface area contributed by atoms with Crippen molar-refractivity contribution in [2.75, 3.05) is 0 Å². The third kappa shape index (κ3) is 3.95. The van der Waals surface area contributed by atoms with Gasteiger partial charge in [0.2, 0.25) is 0 Å². The first-order valence-electron chi connectivity index (χ1n) is 7.16. The molecule has 2 heteroatoms. The number of hydrogen-bond donors (Lipinski definition) is 0. The SMILES string of the molecule is CC(C)Oc1ccccc1C(=O)C=C1CCCCC1. The van der Waals surface area contributed by atoms with Crippen molar-refractivity contribution in [2.45, 2.75) is 52.1 Å². The minimum absolute atomic E-state index is 0.0770. The van der Waals surface area contributed by atoms with E-state index in [-0.39, 0.29) is 11.9 Å². The van der Waals surface area contributed by atoms with Crippen LogP contribution < -0.4 is 4.74 Å². The summed E-state index contributed by atoms with van der Waals surface area (Å²) in [6.07, 6.45) is 7.75. The van der Waals surface area contributed by atoms with Gasteiger partial charge in [0.1, 0.15) is 5.75 Å². The molecule has 0 saturated heterocycles. The van der Waals surface area contributed by atoms with Gasteiger partial charge < -0.3 is 4.74 Å². The summed E-state index contributed by atoms with van der Waals surface area (Å²) in [6.45, 7) is 3.95. The topological polar surface area (TPSA) is 26.3 Å². The molecule has 0 aromatic heterocycles. The average Bonchev–Trinajstić information content (AvgIpc) is 2.39. The van der Waals surface area contributed by atoms with E-state index in [4.69, 9.17) is 4.74 Å². The van der Waals surface area contributed by atoms with Crippen LogP contribution in [0, 0.1) is 0 Å². The first-order chi connectivity index (χ1) is 9.16. The summed E-state index contributed by atoms with van der Waals surface area (Å²) < 4.78 is 5.71. The summed E-state index contributed by atoms with van der Waals surface area (Å²) in [5, 5.41) is 0. The Morgan fingerprint density at radius 3 is 2.53 bits per heavy atom. The fourth-order valence-electron chi connectivity index (χ4n) is 2.44. The largest absolute Gasteiger partial charge is 0.490 e. The van der Waals surface area contributed by atoms with Gasteiger partial charge in [-0.25, -0.2) is 0 Å². The van der Waals surface area contributed by atoms with Crippen molar-refractivity contribution in [1.82, 2.24) is 0 Å². The highest BCUT2D eigenvalue weighted by atomic mass is 16.5. The summed E-state index contributed by atoms with van der Waals surface area (Å²) in [6, 6.07) is 7.51. The lowest BCUT2D eigenvalue weighted by Gasteiger charge is -2.15. The fraction of sp³-hybridized carbons (Fsp3) is 0.471. The van der Waals surface area contributed by atoms with E-state index in [2.05, 4.69) is 0 Å². The lowest BCUT2D eigenvalue weighted by atomic mass is 9.93. The molecule has 0 N–H and O–H groups in total. The standard InChI is InChI=1S/C17H22O2/c1-13(2)19-17-11-7-6-10-15(17)16(18)12-14-8-4-3-5-9-14/h6-7,10-13H,3-5,8-9H2,1-2H3. The van der Waals surface area contributed by atoms with Crippen LogP contribution in [0.5, 0.6) is 5.75 Å². The van der Waals surface area contributed by atoms with Crippen LogP contribution in [0.3, 0.4) is 0 Å². The zero-order valence-corrected chi connectivity index (χ0v) is 11.8. The van der Waals surface area contributed by atoms with E-state index >= 15 is 0 Å². The number of ketones is 1. The Morgan fingerprint density at radius 1 is 1.16 bits per heavy atom. The van der Waals surface area contributed by atoms with Crippen molar-refractivity contribution >= 4 is 5.78 Å². The number of benzene rings is 1. The van der Waals surface area contributed by atoms with Gasteiger partial charge in [-0.15, -0.1) is 0 Å². The fourth-order valence-corrected chi connectivity index (χ4v) is 2.44. The van der Waals surface area contributed by atoms with Gasteiger partial charge in [0.25, 0.3) is 0 Å². The van der Waals surface area contributed by atoms with Crippen molar-refractivity contribution in [3.8, 4) is 5.75 Å². The molecule has 0 atom stereocenters. The number of carbonyl (C=O) groups excluding carboxylic acids is 1. The third-order valence-electron chi connectivity index (χ3n) is 3.35. The zero-order valence-electron chi connectivity index (χ0n) is 11.8. The van der Waals surface area contributed by atoms with Crippen molar-refractivity contribution in [2.24, 2.45) is 0 Å². The summed E-state index contributed by atoms with van der Waals surface area (Å²) >= 11 is 0. The Bertz CT molecular complexity index is 464. The quantitative estimate of drug-likeness (QED) is 0.585. The summed E-state index contributed by atoms with van der Waals surface area (Å²) in [4.78, 5) is 12.4. The molecule has 0 aliphatic heterocycles. The highest BCUT2D eigenvalue weighted by molar-refractivity contribution is 6.06. The molecule has 102 valence electrons. The van der Waals surface area contributed by atoms with Crippen LogP contribution in [0.4, 0.5) is 0 Å². The van der Waals surface area contributed by atoms with E-state index in [0.29, 0.717) is 11.3 Å². The minimum Gasteiger partial charge on any atom is -0.490 e. The van der Waals surface area contributed by atoms with E-state index in [1.165, 1.54) is 24.8 Å². The molecule has 0 unspecified atom stereocenters. The van der Waals surface area contributed by atoms with Gasteiger partial charge in [-0.2, -0.15) is 0 Å². The smallest absolute Gasteiger partial charge is 0.189 e. The lowest BCUT2D eigenvalue weighted by Crippen LogP contribution is -2.09. The second-order valence-corrected chi connectivity index (χ2v) is 5.39. The van der Waals surface area contributed by atoms with Crippen LogP contribution in [0.25, 0.3) is 0 Å². The number of hydrogen-bond acceptors (Lipinski definition) is 2. The number of carbonyl (C=O) groups is 1. The number of ether oxygens (including phenoxy) is 1. The molecule has 1 aromatic rings. The van der Waals surface area contributed by atoms with Gasteiger partial charge in [0.15, 0.2) is 5.78 Å². The molecule has 0 amide bonds. The van der Waals surface area contributed by atoms with Crippen LogP contribution in [0.1, 0.15) is 56.3 Å². The predicted octanol–water partition coefficient (Wildman–Crippen LogP) is 4.55. The number of para-hydroxylation sites is 1. The first-order valence-corrected chi connectivity index (χ1v) is 7.16. The Morgan fingerprint density at radius 2 is 1.84 bits per heavy atom. The number of allylic oxidation sites excluding steroid dienone is 2. The van der Waals surface area contributed by atoms with Crippen LogP contribution in [-0.2, 0) is 0 Å². The molecule has 1 aliphatic carbocycles. The monoisotopic (exact) mass is 258 g/mol. The summed E-state index contributed by atoms with van der Waals surface area (Å²) in [7, 11) is 0. The molecule has 0 heterocycles. The van der Waals surface area contributed by atoms with Crippen LogP contribution in [0.2, 0.25) is 0 Å². The van der Waals surface area contributed by atoms with E-state index in [1.54, 1.807) is 0 Å². The molecule has 0 bridgehead atoms. The normalized spacial score (nSPS) is 15.4. The van der Waals surface area contributed by atoms with Gasteiger partial charge in [0.05, 0.1) is 11.7 Å². The van der Waals surface area contributed by atoms with Crippen LogP contribution in [-0.4, -0.2) is 11.9 Å². The van der Waals surface area contributed by atoms with E-state index < -0.39 is 0 Å². The van der Waals surface area contributed by atoms with Crippen molar-refractivity contribution in [1.29, 1.82) is 0 Å². The molecule has 1 aliphatic rings. The zero-order chi connectivity index (χ0) is 13.7. The molecular formula is C17H22O2. The summed E-state index contributed by atoms with van der Waals surface area (Å²) in [5.41, 5.74) is 1.96. The molecule has 1 saturated carbocycles. The number of rotatable bonds is 4. The van der Waals surface area contributed by atoms with E-state index in [9.17, 15) is 4.79 Å². The Labute approximate surface area is 115 Å². The molecule has 2 rings (SSSR count). The molecular weight excluding hydrogens is 236 g/mol. The third-order valence-corrected chi connectivity index (χ3v) is 3.35. The second-order valence-electron chi connectivity index (χ2n) is 5.39. The highest BCUT2D eigenvalue weighted by Gasteiger charge is 2.13. The maximum absolute atomic E-state index is 12.4. The van der Waals surface area contributed by atoms with Crippen molar-refractivity contribution < 1.29 is 9.53 Å². The molecule has 1 fully saturated rings. The molecule has 0 spiro atoms. The Kier molecular flexibility index (Phi) is 4.78. The molecule has 2 nitrogen and oxygen atoms in total.